The molecule has 3 aliphatic rings. The third-order valence-corrected chi connectivity index (χ3v) is 5.52. The van der Waals surface area contributed by atoms with Crippen LogP contribution >= 0.6 is 0 Å². The average Bonchev–Trinajstić information content (AvgIpc) is 2.60. The minimum Gasteiger partial charge on any atom is -0.458 e. The van der Waals surface area contributed by atoms with E-state index >= 15 is 0 Å². The molecule has 3 rings (SSSR count). The van der Waals surface area contributed by atoms with Crippen LogP contribution in [0.3, 0.4) is 0 Å². The second-order valence-electron chi connectivity index (χ2n) is 6.48. The van der Waals surface area contributed by atoms with Crippen LogP contribution in [0.4, 0.5) is 0 Å². The van der Waals surface area contributed by atoms with Crippen molar-refractivity contribution in [2.24, 2.45) is 23.2 Å². The minimum absolute atomic E-state index is 0.00949. The van der Waals surface area contributed by atoms with Gasteiger partial charge in [0.15, 0.2) is 0 Å². The second-order valence-corrected chi connectivity index (χ2v) is 6.48. The third-order valence-electron chi connectivity index (χ3n) is 5.52. The van der Waals surface area contributed by atoms with Crippen molar-refractivity contribution in [1.82, 2.24) is 0 Å². The molecule has 0 unspecified atom stereocenters. The summed E-state index contributed by atoms with van der Waals surface area (Å²) in [5.74, 6) is 0.408. The van der Waals surface area contributed by atoms with Crippen molar-refractivity contribution in [3.63, 3.8) is 0 Å². The molecule has 2 saturated carbocycles. The molecule has 0 aromatic heterocycles. The molecule has 3 heteroatoms. The van der Waals surface area contributed by atoms with Crippen molar-refractivity contribution in [3.05, 3.63) is 12.2 Å². The Morgan fingerprint density at radius 2 is 2.06 bits per heavy atom. The van der Waals surface area contributed by atoms with Gasteiger partial charge in [-0.15, -0.1) is 0 Å². The van der Waals surface area contributed by atoms with Gasteiger partial charge in [0.2, 0.25) is 0 Å². The highest BCUT2D eigenvalue weighted by molar-refractivity contribution is 5.91. The monoisotopic (exact) mass is 248 g/mol. The van der Waals surface area contributed by atoms with E-state index in [2.05, 4.69) is 13.5 Å². The summed E-state index contributed by atoms with van der Waals surface area (Å²) < 4.78 is 5.54. The first-order chi connectivity index (χ1) is 8.44. The molecule has 0 N–H and O–H groups in total. The van der Waals surface area contributed by atoms with Crippen molar-refractivity contribution in [2.75, 3.05) is 0 Å². The first kappa shape index (κ1) is 11.9. The van der Waals surface area contributed by atoms with Gasteiger partial charge in [-0.05, 0) is 24.7 Å². The normalized spacial score (nSPS) is 47.6. The Hall–Kier alpha value is -1.12. The zero-order valence-electron chi connectivity index (χ0n) is 11.1. The van der Waals surface area contributed by atoms with E-state index in [1.165, 1.54) is 0 Å². The number of carbonyl (C=O) groups excluding carboxylic acids is 2. The molecule has 0 aromatic carbocycles. The van der Waals surface area contributed by atoms with Crippen LogP contribution < -0.4 is 0 Å². The van der Waals surface area contributed by atoms with Crippen LogP contribution in [-0.4, -0.2) is 17.9 Å². The van der Waals surface area contributed by atoms with E-state index in [0.29, 0.717) is 17.8 Å². The summed E-state index contributed by atoms with van der Waals surface area (Å²) in [4.78, 5) is 23.7. The van der Waals surface area contributed by atoms with E-state index in [4.69, 9.17) is 4.74 Å². The number of ether oxygens (including phenoxy) is 1. The highest BCUT2D eigenvalue weighted by Gasteiger charge is 2.57. The molecule has 5 atom stereocenters. The van der Waals surface area contributed by atoms with Gasteiger partial charge in [0.05, 0.1) is 0 Å². The van der Waals surface area contributed by atoms with Gasteiger partial charge in [0.25, 0.3) is 0 Å². The largest absolute Gasteiger partial charge is 0.458 e. The first-order valence-electron chi connectivity index (χ1n) is 6.86. The van der Waals surface area contributed by atoms with Gasteiger partial charge in [-0.25, -0.2) is 4.79 Å². The first-order valence-corrected chi connectivity index (χ1v) is 6.86. The van der Waals surface area contributed by atoms with E-state index in [1.54, 1.807) is 0 Å². The summed E-state index contributed by atoms with van der Waals surface area (Å²) in [6, 6.07) is 0. The highest BCUT2D eigenvalue weighted by atomic mass is 16.6. The standard InChI is InChI=1S/C15H20O3/c1-8-10-4-6-15(3)7-5-11(16)9(2)12(15)13(10)18-14(8)17/h9-10,12-13H,1,4-7H2,2-3H3/t9-,10+,12-,13-,15+/m1/s1. The van der Waals surface area contributed by atoms with E-state index in [9.17, 15) is 9.59 Å². The number of esters is 1. The lowest BCUT2D eigenvalue weighted by Gasteiger charge is -2.51. The lowest BCUT2D eigenvalue weighted by atomic mass is 9.53. The Kier molecular flexibility index (Phi) is 2.45. The fraction of sp³-hybridized carbons (Fsp3) is 0.733. The smallest absolute Gasteiger partial charge is 0.334 e. The SMILES string of the molecule is C=C1C(=O)O[C@H]2[C@H]3[C@H](C)C(=O)CC[C@]3(C)CC[C@@H]12. The van der Waals surface area contributed by atoms with Crippen molar-refractivity contribution >= 4 is 11.8 Å². The van der Waals surface area contributed by atoms with Crippen molar-refractivity contribution < 1.29 is 14.3 Å². The molecule has 3 nitrogen and oxygen atoms in total. The van der Waals surface area contributed by atoms with Gasteiger partial charge >= 0.3 is 5.97 Å². The van der Waals surface area contributed by atoms with Gasteiger partial charge < -0.3 is 4.74 Å². The van der Waals surface area contributed by atoms with Crippen molar-refractivity contribution in [1.29, 1.82) is 0 Å². The fourth-order valence-corrected chi connectivity index (χ4v) is 4.36. The summed E-state index contributed by atoms with van der Waals surface area (Å²) >= 11 is 0. The van der Waals surface area contributed by atoms with Gasteiger partial charge in [-0.1, -0.05) is 20.4 Å². The Morgan fingerprint density at radius 3 is 2.78 bits per heavy atom. The molecule has 0 amide bonds. The van der Waals surface area contributed by atoms with Crippen LogP contribution in [0.5, 0.6) is 0 Å². The molecule has 3 fully saturated rings. The summed E-state index contributed by atoms with van der Waals surface area (Å²) in [5.41, 5.74) is 0.770. The predicted octanol–water partition coefficient (Wildman–Crippen LogP) is 2.50. The van der Waals surface area contributed by atoms with Crippen LogP contribution in [0, 0.1) is 23.2 Å². The van der Waals surface area contributed by atoms with Crippen molar-refractivity contribution in [3.8, 4) is 0 Å². The highest BCUT2D eigenvalue weighted by Crippen LogP contribution is 2.56. The predicted molar refractivity (Wildman–Crippen MR) is 66.7 cm³/mol. The fourth-order valence-electron chi connectivity index (χ4n) is 4.36. The molecule has 1 saturated heterocycles. The van der Waals surface area contributed by atoms with Crippen LogP contribution in [0.1, 0.15) is 39.5 Å². The number of rotatable bonds is 0. The molecule has 0 aromatic rings. The van der Waals surface area contributed by atoms with Crippen LogP contribution in [0.25, 0.3) is 0 Å². The van der Waals surface area contributed by atoms with E-state index in [-0.39, 0.29) is 35.2 Å². The zero-order chi connectivity index (χ0) is 13.1. The molecule has 0 bridgehead atoms. The summed E-state index contributed by atoms with van der Waals surface area (Å²) in [6.45, 7) is 8.12. The maximum atomic E-state index is 12.0. The minimum atomic E-state index is -0.250. The number of carbonyl (C=O) groups is 2. The molecule has 2 aliphatic carbocycles. The summed E-state index contributed by atoms with van der Waals surface area (Å²) in [5, 5.41) is 0. The Bertz CT molecular complexity index is 439. The molecule has 1 heterocycles. The lowest BCUT2D eigenvalue weighted by Crippen LogP contribution is -2.51. The van der Waals surface area contributed by atoms with Crippen LogP contribution in [-0.2, 0) is 14.3 Å². The Balaban J connectivity index is 1.98. The summed E-state index contributed by atoms with van der Waals surface area (Å²) in [7, 11) is 0. The number of Topliss-reactive ketones (excluding diaryl/α,β-unsaturated/α-hetero) is 1. The number of fused-ring (bicyclic) bond motifs is 3. The molecular formula is C15H20O3. The maximum absolute atomic E-state index is 12.0. The average molecular weight is 248 g/mol. The van der Waals surface area contributed by atoms with Gasteiger partial charge in [-0.2, -0.15) is 0 Å². The van der Waals surface area contributed by atoms with Crippen LogP contribution in [0.2, 0.25) is 0 Å². The lowest BCUT2D eigenvalue weighted by molar-refractivity contribution is -0.157. The molecule has 18 heavy (non-hydrogen) atoms. The zero-order valence-corrected chi connectivity index (χ0v) is 11.1. The number of hydrogen-bond acceptors (Lipinski definition) is 3. The maximum Gasteiger partial charge on any atom is 0.334 e. The van der Waals surface area contributed by atoms with Gasteiger partial charge in [0.1, 0.15) is 11.9 Å². The topological polar surface area (TPSA) is 43.4 Å². The number of hydrogen-bond donors (Lipinski definition) is 0. The summed E-state index contributed by atoms with van der Waals surface area (Å²) in [6.07, 6.45) is 3.56. The van der Waals surface area contributed by atoms with E-state index in [0.717, 1.165) is 19.3 Å². The van der Waals surface area contributed by atoms with Gasteiger partial charge in [-0.3, -0.25) is 4.79 Å². The Labute approximate surface area is 108 Å². The second kappa shape index (κ2) is 3.69. The quantitative estimate of drug-likeness (QED) is 0.488. The molecular weight excluding hydrogens is 228 g/mol. The van der Waals surface area contributed by atoms with Crippen molar-refractivity contribution in [2.45, 2.75) is 45.6 Å². The molecule has 0 radical (unpaired) electrons. The molecule has 98 valence electrons. The molecule has 1 aliphatic heterocycles. The van der Waals surface area contributed by atoms with E-state index < -0.39 is 0 Å². The third kappa shape index (κ3) is 1.42. The van der Waals surface area contributed by atoms with Gasteiger partial charge in [0, 0.05) is 29.7 Å². The Morgan fingerprint density at radius 1 is 1.33 bits per heavy atom. The van der Waals surface area contributed by atoms with E-state index in [1.807, 2.05) is 6.92 Å². The van der Waals surface area contributed by atoms with Crippen LogP contribution in [0.15, 0.2) is 12.2 Å². The molecule has 0 spiro atoms. The number of ketones is 1.